The summed E-state index contributed by atoms with van der Waals surface area (Å²) in [5, 5.41) is 0. The molecule has 0 atom stereocenters. The molecule has 1 heterocycles. The van der Waals surface area contributed by atoms with Crippen molar-refractivity contribution in [3.63, 3.8) is 0 Å². The van der Waals surface area contributed by atoms with Crippen molar-refractivity contribution in [1.29, 1.82) is 0 Å². The van der Waals surface area contributed by atoms with E-state index in [1.807, 2.05) is 42.5 Å². The van der Waals surface area contributed by atoms with Crippen LogP contribution >= 0.6 is 0 Å². The zero-order valence-corrected chi connectivity index (χ0v) is 10.3. The van der Waals surface area contributed by atoms with Gasteiger partial charge < -0.3 is 15.2 Å². The van der Waals surface area contributed by atoms with Crippen molar-refractivity contribution < 1.29 is 9.47 Å². The molecular weight excluding hydrogens is 228 g/mol. The fourth-order valence-electron chi connectivity index (χ4n) is 1.53. The van der Waals surface area contributed by atoms with Gasteiger partial charge in [0.1, 0.15) is 12.4 Å². The van der Waals surface area contributed by atoms with Crippen molar-refractivity contribution in [2.75, 3.05) is 7.11 Å². The molecular formula is C14H16N2O2. The van der Waals surface area contributed by atoms with E-state index in [1.54, 1.807) is 7.11 Å². The highest BCUT2D eigenvalue weighted by Gasteiger charge is 1.99. The first-order chi connectivity index (χ1) is 8.81. The van der Waals surface area contributed by atoms with Gasteiger partial charge in [-0.1, -0.05) is 18.2 Å². The summed E-state index contributed by atoms with van der Waals surface area (Å²) in [6.45, 7) is 0.894. The fraction of sp³-hybridized carbons (Fsp3) is 0.214. The lowest BCUT2D eigenvalue weighted by Gasteiger charge is -2.07. The lowest BCUT2D eigenvalue weighted by Crippen LogP contribution is -2.02. The molecule has 94 valence electrons. The number of pyridine rings is 1. The van der Waals surface area contributed by atoms with Crippen molar-refractivity contribution in [2.24, 2.45) is 5.73 Å². The van der Waals surface area contributed by atoms with Crippen LogP contribution in [0.15, 0.2) is 42.5 Å². The van der Waals surface area contributed by atoms with E-state index in [4.69, 9.17) is 15.2 Å². The normalized spacial score (nSPS) is 10.1. The smallest absolute Gasteiger partial charge is 0.213 e. The maximum atomic E-state index is 5.60. The second-order valence-corrected chi connectivity index (χ2v) is 3.81. The predicted octanol–water partition coefficient (Wildman–Crippen LogP) is 2.13. The molecule has 0 fully saturated rings. The van der Waals surface area contributed by atoms with Gasteiger partial charge in [0.2, 0.25) is 5.88 Å². The Morgan fingerprint density at radius 2 is 1.89 bits per heavy atom. The topological polar surface area (TPSA) is 57.4 Å². The number of nitrogens with two attached hydrogens (primary N) is 1. The maximum Gasteiger partial charge on any atom is 0.213 e. The van der Waals surface area contributed by atoms with Gasteiger partial charge in [0.15, 0.2) is 0 Å². The van der Waals surface area contributed by atoms with E-state index >= 15 is 0 Å². The molecule has 0 aliphatic heterocycles. The van der Waals surface area contributed by atoms with E-state index in [9.17, 15) is 0 Å². The summed E-state index contributed by atoms with van der Waals surface area (Å²) < 4.78 is 10.7. The molecule has 0 spiro atoms. The number of hydrogen-bond donors (Lipinski definition) is 1. The Labute approximate surface area is 106 Å². The van der Waals surface area contributed by atoms with E-state index < -0.39 is 0 Å². The maximum absolute atomic E-state index is 5.60. The zero-order chi connectivity index (χ0) is 12.8. The summed E-state index contributed by atoms with van der Waals surface area (Å²) in [6, 6.07) is 13.3. The van der Waals surface area contributed by atoms with Crippen LogP contribution in [-0.2, 0) is 13.2 Å². The lowest BCUT2D eigenvalue weighted by atomic mass is 10.2. The molecule has 0 unspecified atom stereocenters. The summed E-state index contributed by atoms with van der Waals surface area (Å²) in [5.74, 6) is 1.43. The zero-order valence-electron chi connectivity index (χ0n) is 10.3. The van der Waals surface area contributed by atoms with Gasteiger partial charge in [-0.25, -0.2) is 4.98 Å². The number of hydrogen-bond acceptors (Lipinski definition) is 4. The highest BCUT2D eigenvalue weighted by molar-refractivity contribution is 5.27. The van der Waals surface area contributed by atoms with Gasteiger partial charge >= 0.3 is 0 Å². The SMILES string of the molecule is COc1ccc(COc2cccc(CN)n2)cc1. The fourth-order valence-corrected chi connectivity index (χ4v) is 1.53. The van der Waals surface area contributed by atoms with E-state index in [2.05, 4.69) is 4.98 Å². The Hall–Kier alpha value is -2.07. The first-order valence-corrected chi connectivity index (χ1v) is 5.73. The number of ether oxygens (including phenoxy) is 2. The molecule has 0 aliphatic carbocycles. The van der Waals surface area contributed by atoms with Crippen LogP contribution in [0.2, 0.25) is 0 Å². The van der Waals surface area contributed by atoms with E-state index in [-0.39, 0.29) is 0 Å². The summed E-state index contributed by atoms with van der Waals surface area (Å²) in [6.07, 6.45) is 0. The predicted molar refractivity (Wildman–Crippen MR) is 69.5 cm³/mol. The Morgan fingerprint density at radius 3 is 2.56 bits per heavy atom. The Balaban J connectivity index is 1.97. The van der Waals surface area contributed by atoms with Crippen molar-refractivity contribution in [3.8, 4) is 11.6 Å². The molecule has 4 heteroatoms. The Morgan fingerprint density at radius 1 is 1.11 bits per heavy atom. The average Bonchev–Trinajstić information content (AvgIpc) is 2.46. The van der Waals surface area contributed by atoms with Crippen LogP contribution in [0, 0.1) is 0 Å². The largest absolute Gasteiger partial charge is 0.497 e. The van der Waals surface area contributed by atoms with E-state index in [0.29, 0.717) is 19.0 Å². The summed E-state index contributed by atoms with van der Waals surface area (Å²) in [7, 11) is 1.65. The van der Waals surface area contributed by atoms with Gasteiger partial charge in [-0.15, -0.1) is 0 Å². The standard InChI is InChI=1S/C14H16N2O2/c1-17-13-7-5-11(6-8-13)10-18-14-4-2-3-12(9-15)16-14/h2-8H,9-10,15H2,1H3. The quantitative estimate of drug-likeness (QED) is 0.875. The van der Waals surface area contributed by atoms with Gasteiger partial charge in [-0.3, -0.25) is 0 Å². The number of benzene rings is 1. The van der Waals surface area contributed by atoms with E-state index in [0.717, 1.165) is 17.0 Å². The number of rotatable bonds is 5. The molecule has 4 nitrogen and oxygen atoms in total. The molecule has 2 aromatic rings. The first-order valence-electron chi connectivity index (χ1n) is 5.73. The average molecular weight is 244 g/mol. The second kappa shape index (κ2) is 6.02. The highest BCUT2D eigenvalue weighted by atomic mass is 16.5. The van der Waals surface area contributed by atoms with Crippen LogP contribution < -0.4 is 15.2 Å². The molecule has 0 bridgehead atoms. The molecule has 0 radical (unpaired) electrons. The second-order valence-electron chi connectivity index (χ2n) is 3.81. The molecule has 1 aromatic heterocycles. The van der Waals surface area contributed by atoms with Crippen LogP contribution in [0.4, 0.5) is 0 Å². The van der Waals surface area contributed by atoms with Crippen LogP contribution in [0.3, 0.4) is 0 Å². The number of methoxy groups -OCH3 is 1. The van der Waals surface area contributed by atoms with Crippen molar-refractivity contribution >= 4 is 0 Å². The molecule has 1 aromatic carbocycles. The van der Waals surface area contributed by atoms with E-state index in [1.165, 1.54) is 0 Å². The number of nitrogens with zero attached hydrogens (tertiary/aromatic N) is 1. The van der Waals surface area contributed by atoms with Crippen LogP contribution in [0.25, 0.3) is 0 Å². The first kappa shape index (κ1) is 12.4. The van der Waals surface area contributed by atoms with Crippen LogP contribution in [0.5, 0.6) is 11.6 Å². The van der Waals surface area contributed by atoms with Crippen LogP contribution in [0.1, 0.15) is 11.3 Å². The molecule has 0 amide bonds. The molecule has 0 saturated heterocycles. The minimum atomic E-state index is 0.416. The van der Waals surface area contributed by atoms with Gasteiger partial charge in [-0.2, -0.15) is 0 Å². The third-order valence-electron chi connectivity index (χ3n) is 2.54. The van der Waals surface area contributed by atoms with Gasteiger partial charge in [-0.05, 0) is 23.8 Å². The Bertz CT molecular complexity index is 497. The van der Waals surface area contributed by atoms with Gasteiger partial charge in [0, 0.05) is 12.6 Å². The number of aromatic nitrogens is 1. The molecule has 2 N–H and O–H groups in total. The Kier molecular flexibility index (Phi) is 4.15. The van der Waals surface area contributed by atoms with Crippen molar-refractivity contribution in [1.82, 2.24) is 4.98 Å². The van der Waals surface area contributed by atoms with Crippen molar-refractivity contribution in [3.05, 3.63) is 53.7 Å². The van der Waals surface area contributed by atoms with Crippen LogP contribution in [-0.4, -0.2) is 12.1 Å². The molecule has 0 saturated carbocycles. The van der Waals surface area contributed by atoms with Gasteiger partial charge in [0.25, 0.3) is 0 Å². The van der Waals surface area contributed by atoms with Gasteiger partial charge in [0.05, 0.1) is 12.8 Å². The third kappa shape index (κ3) is 3.21. The minimum Gasteiger partial charge on any atom is -0.497 e. The molecule has 2 rings (SSSR count). The summed E-state index contributed by atoms with van der Waals surface area (Å²) >= 11 is 0. The monoisotopic (exact) mass is 244 g/mol. The minimum absolute atomic E-state index is 0.416. The summed E-state index contributed by atoms with van der Waals surface area (Å²) in [5.41, 5.74) is 7.41. The van der Waals surface area contributed by atoms with Crippen molar-refractivity contribution in [2.45, 2.75) is 13.2 Å². The third-order valence-corrected chi connectivity index (χ3v) is 2.54. The lowest BCUT2D eigenvalue weighted by molar-refractivity contribution is 0.293. The summed E-state index contributed by atoms with van der Waals surface area (Å²) in [4.78, 5) is 4.27. The highest BCUT2D eigenvalue weighted by Crippen LogP contribution is 2.14. The molecule has 18 heavy (non-hydrogen) atoms. The molecule has 0 aliphatic rings.